The standard InChI is InChI=1S/C18H27N3O4/c1-18(2,3)16-12-14(9-11-20(16)17(22)23)19-10-8-13-6-4-5-7-15(13)21(24)25/h4-7,14,16,19H,8-12H2,1-3H3,(H,22,23). The zero-order valence-corrected chi connectivity index (χ0v) is 15.1. The van der Waals surface area contributed by atoms with E-state index in [0.717, 1.165) is 18.4 Å². The van der Waals surface area contributed by atoms with Crippen molar-refractivity contribution in [3.8, 4) is 0 Å². The summed E-state index contributed by atoms with van der Waals surface area (Å²) in [7, 11) is 0. The molecule has 1 aliphatic heterocycles. The summed E-state index contributed by atoms with van der Waals surface area (Å²) in [5.74, 6) is 0. The van der Waals surface area contributed by atoms with E-state index in [9.17, 15) is 20.0 Å². The van der Waals surface area contributed by atoms with Gasteiger partial charge in [-0.05, 0) is 31.2 Å². The minimum atomic E-state index is -0.863. The van der Waals surface area contributed by atoms with Crippen molar-refractivity contribution in [1.82, 2.24) is 10.2 Å². The van der Waals surface area contributed by atoms with E-state index in [2.05, 4.69) is 26.1 Å². The van der Waals surface area contributed by atoms with E-state index in [1.54, 1.807) is 17.0 Å². The first-order chi connectivity index (χ1) is 11.7. The maximum absolute atomic E-state index is 11.5. The highest BCUT2D eigenvalue weighted by atomic mass is 16.6. The number of carbonyl (C=O) groups is 1. The molecule has 25 heavy (non-hydrogen) atoms. The largest absolute Gasteiger partial charge is 0.465 e. The third-order valence-corrected chi connectivity index (χ3v) is 4.86. The van der Waals surface area contributed by atoms with Crippen LogP contribution in [0.25, 0.3) is 0 Å². The number of para-hydroxylation sites is 1. The fraction of sp³-hybridized carbons (Fsp3) is 0.611. The number of hydrogen-bond acceptors (Lipinski definition) is 4. The summed E-state index contributed by atoms with van der Waals surface area (Å²) in [6.45, 7) is 7.33. The Labute approximate surface area is 148 Å². The molecule has 0 radical (unpaired) electrons. The number of piperidine rings is 1. The van der Waals surface area contributed by atoms with Crippen molar-refractivity contribution in [3.63, 3.8) is 0 Å². The monoisotopic (exact) mass is 349 g/mol. The Kier molecular flexibility index (Phi) is 6.00. The van der Waals surface area contributed by atoms with E-state index in [-0.39, 0.29) is 28.1 Å². The number of rotatable bonds is 5. The molecule has 0 saturated carbocycles. The molecule has 2 unspecified atom stereocenters. The van der Waals surface area contributed by atoms with Crippen LogP contribution < -0.4 is 5.32 Å². The van der Waals surface area contributed by atoms with Crippen molar-refractivity contribution in [3.05, 3.63) is 39.9 Å². The number of likely N-dealkylation sites (tertiary alicyclic amines) is 1. The second-order valence-corrected chi connectivity index (χ2v) is 7.67. The molecule has 0 bridgehead atoms. The van der Waals surface area contributed by atoms with Gasteiger partial charge in [-0.2, -0.15) is 0 Å². The lowest BCUT2D eigenvalue weighted by Crippen LogP contribution is -2.55. The van der Waals surface area contributed by atoms with E-state index in [0.29, 0.717) is 19.5 Å². The van der Waals surface area contributed by atoms with Crippen LogP contribution in [0.1, 0.15) is 39.2 Å². The molecule has 1 fully saturated rings. The molecule has 1 saturated heterocycles. The van der Waals surface area contributed by atoms with Gasteiger partial charge in [0.15, 0.2) is 0 Å². The van der Waals surface area contributed by atoms with E-state index >= 15 is 0 Å². The van der Waals surface area contributed by atoms with Gasteiger partial charge in [0.05, 0.1) is 4.92 Å². The number of nitro benzene ring substituents is 1. The molecule has 1 aromatic rings. The molecule has 138 valence electrons. The van der Waals surface area contributed by atoms with Crippen molar-refractivity contribution in [1.29, 1.82) is 0 Å². The molecule has 0 aliphatic carbocycles. The Bertz CT molecular complexity index is 627. The first-order valence-electron chi connectivity index (χ1n) is 8.65. The highest BCUT2D eigenvalue weighted by Crippen LogP contribution is 2.32. The smallest absolute Gasteiger partial charge is 0.407 e. The number of benzene rings is 1. The van der Waals surface area contributed by atoms with Gasteiger partial charge < -0.3 is 15.3 Å². The van der Waals surface area contributed by atoms with Crippen LogP contribution in [0.2, 0.25) is 0 Å². The molecule has 2 atom stereocenters. The summed E-state index contributed by atoms with van der Waals surface area (Å²) in [6, 6.07) is 6.97. The Morgan fingerprint density at radius 2 is 2.08 bits per heavy atom. The van der Waals surface area contributed by atoms with Crippen LogP contribution in [0.5, 0.6) is 0 Å². The zero-order chi connectivity index (χ0) is 18.6. The van der Waals surface area contributed by atoms with Crippen LogP contribution in [0, 0.1) is 15.5 Å². The number of amides is 1. The second kappa shape index (κ2) is 7.82. The highest BCUT2D eigenvalue weighted by Gasteiger charge is 2.38. The molecule has 7 heteroatoms. The van der Waals surface area contributed by atoms with Crippen molar-refractivity contribution in [2.45, 2.75) is 52.1 Å². The molecule has 0 aromatic heterocycles. The fourth-order valence-corrected chi connectivity index (χ4v) is 3.51. The normalized spacial score (nSPS) is 21.2. The van der Waals surface area contributed by atoms with Crippen molar-refractivity contribution < 1.29 is 14.8 Å². The molecule has 0 spiro atoms. The van der Waals surface area contributed by atoms with Gasteiger partial charge in [-0.1, -0.05) is 39.0 Å². The summed E-state index contributed by atoms with van der Waals surface area (Å²) >= 11 is 0. The third-order valence-electron chi connectivity index (χ3n) is 4.86. The van der Waals surface area contributed by atoms with E-state index in [1.807, 2.05) is 6.07 Å². The number of nitrogens with zero attached hydrogens (tertiary/aromatic N) is 2. The third kappa shape index (κ3) is 4.92. The average Bonchev–Trinajstić information content (AvgIpc) is 2.54. The number of nitrogens with one attached hydrogen (secondary N) is 1. The Hall–Kier alpha value is -2.15. The maximum atomic E-state index is 11.5. The lowest BCUT2D eigenvalue weighted by atomic mass is 9.79. The predicted octanol–water partition coefficient (Wildman–Crippen LogP) is 3.28. The minimum Gasteiger partial charge on any atom is -0.465 e. The van der Waals surface area contributed by atoms with E-state index < -0.39 is 6.09 Å². The van der Waals surface area contributed by atoms with Crippen molar-refractivity contribution >= 4 is 11.8 Å². The van der Waals surface area contributed by atoms with Gasteiger partial charge in [0, 0.05) is 30.3 Å². The van der Waals surface area contributed by atoms with Crippen molar-refractivity contribution in [2.75, 3.05) is 13.1 Å². The van der Waals surface area contributed by atoms with E-state index in [4.69, 9.17) is 0 Å². The zero-order valence-electron chi connectivity index (χ0n) is 15.1. The molecule has 1 aliphatic rings. The predicted molar refractivity (Wildman–Crippen MR) is 95.8 cm³/mol. The summed E-state index contributed by atoms with van der Waals surface area (Å²) in [6.07, 6.45) is 1.23. The Balaban J connectivity index is 1.94. The molecule has 2 N–H and O–H groups in total. The summed E-state index contributed by atoms with van der Waals surface area (Å²) in [5, 5.41) is 23.9. The second-order valence-electron chi connectivity index (χ2n) is 7.67. The van der Waals surface area contributed by atoms with Crippen LogP contribution in [0.3, 0.4) is 0 Å². The van der Waals surface area contributed by atoms with Gasteiger partial charge in [0.1, 0.15) is 0 Å². The van der Waals surface area contributed by atoms with Crippen LogP contribution >= 0.6 is 0 Å². The van der Waals surface area contributed by atoms with Crippen LogP contribution in [0.15, 0.2) is 24.3 Å². The van der Waals surface area contributed by atoms with Crippen LogP contribution in [-0.4, -0.2) is 46.2 Å². The number of nitro groups is 1. The van der Waals surface area contributed by atoms with Gasteiger partial charge in [-0.25, -0.2) is 4.79 Å². The first-order valence-corrected chi connectivity index (χ1v) is 8.65. The maximum Gasteiger partial charge on any atom is 0.407 e. The molecule has 1 heterocycles. The summed E-state index contributed by atoms with van der Waals surface area (Å²) in [5.41, 5.74) is 0.740. The average molecular weight is 349 g/mol. The molecule has 1 amide bonds. The summed E-state index contributed by atoms with van der Waals surface area (Å²) in [4.78, 5) is 23.7. The molecular formula is C18H27N3O4. The molecule has 1 aromatic carbocycles. The number of carboxylic acid groups (broad SMARTS) is 1. The van der Waals surface area contributed by atoms with Gasteiger partial charge >= 0.3 is 6.09 Å². The first kappa shape index (κ1) is 19.2. The summed E-state index contributed by atoms with van der Waals surface area (Å²) < 4.78 is 0. The highest BCUT2D eigenvalue weighted by molar-refractivity contribution is 5.65. The van der Waals surface area contributed by atoms with Crippen LogP contribution in [0.4, 0.5) is 10.5 Å². The van der Waals surface area contributed by atoms with Crippen molar-refractivity contribution in [2.24, 2.45) is 5.41 Å². The molecule has 2 rings (SSSR count). The molecular weight excluding hydrogens is 322 g/mol. The Morgan fingerprint density at radius 1 is 1.40 bits per heavy atom. The Morgan fingerprint density at radius 3 is 2.68 bits per heavy atom. The SMILES string of the molecule is CC(C)(C)C1CC(NCCc2ccccc2[N+](=O)[O-])CCN1C(=O)O. The quantitative estimate of drug-likeness (QED) is 0.628. The van der Waals surface area contributed by atoms with Gasteiger partial charge in [0.25, 0.3) is 5.69 Å². The fourth-order valence-electron chi connectivity index (χ4n) is 3.51. The van der Waals surface area contributed by atoms with Gasteiger partial charge in [-0.3, -0.25) is 10.1 Å². The number of hydrogen-bond donors (Lipinski definition) is 2. The topological polar surface area (TPSA) is 95.7 Å². The van der Waals surface area contributed by atoms with Gasteiger partial charge in [-0.15, -0.1) is 0 Å². The lowest BCUT2D eigenvalue weighted by molar-refractivity contribution is -0.385. The van der Waals surface area contributed by atoms with E-state index in [1.165, 1.54) is 6.07 Å². The lowest BCUT2D eigenvalue weighted by Gasteiger charge is -2.44. The van der Waals surface area contributed by atoms with Gasteiger partial charge in [0.2, 0.25) is 0 Å². The minimum absolute atomic E-state index is 0.0395. The van der Waals surface area contributed by atoms with Crippen LogP contribution in [-0.2, 0) is 6.42 Å². The molecule has 7 nitrogen and oxygen atoms in total.